The van der Waals surface area contributed by atoms with Crippen molar-refractivity contribution in [2.45, 2.75) is 65.3 Å². The van der Waals surface area contributed by atoms with E-state index in [0.717, 1.165) is 17.8 Å². The number of thiophene rings is 1. The molecule has 1 saturated carbocycles. The average molecular weight is 372 g/mol. The predicted octanol–water partition coefficient (Wildman–Crippen LogP) is 5.88. The molecule has 0 aliphatic heterocycles. The van der Waals surface area contributed by atoms with Crippen LogP contribution in [0.4, 0.5) is 0 Å². The van der Waals surface area contributed by atoms with E-state index in [1.165, 1.54) is 48.9 Å². The van der Waals surface area contributed by atoms with Crippen LogP contribution in [0.25, 0.3) is 0 Å². The second-order valence-electron chi connectivity index (χ2n) is 6.96. The minimum atomic E-state index is 0.606. The molecule has 1 aliphatic carbocycles. The van der Waals surface area contributed by atoms with Crippen molar-refractivity contribution in [1.29, 1.82) is 0 Å². The minimum Gasteiger partial charge on any atom is -0.314 e. The molecule has 3 heteroatoms. The van der Waals surface area contributed by atoms with E-state index in [-0.39, 0.29) is 0 Å². The maximum absolute atomic E-state index is 3.68. The van der Waals surface area contributed by atoms with Crippen LogP contribution in [-0.2, 0) is 6.42 Å². The summed E-state index contributed by atoms with van der Waals surface area (Å²) in [4.78, 5) is 1.55. The lowest BCUT2D eigenvalue weighted by Gasteiger charge is -2.37. The van der Waals surface area contributed by atoms with E-state index < -0.39 is 0 Å². The third-order valence-electron chi connectivity index (χ3n) is 4.83. The summed E-state index contributed by atoms with van der Waals surface area (Å²) in [6.07, 6.45) is 8.35. The van der Waals surface area contributed by atoms with Crippen molar-refractivity contribution in [3.8, 4) is 0 Å². The van der Waals surface area contributed by atoms with Gasteiger partial charge in [0.2, 0.25) is 0 Å². The summed E-state index contributed by atoms with van der Waals surface area (Å²) >= 11 is 5.52. The molecule has 3 atom stereocenters. The van der Waals surface area contributed by atoms with Crippen LogP contribution in [0.2, 0.25) is 0 Å². The molecule has 120 valence electrons. The molecule has 0 bridgehead atoms. The van der Waals surface area contributed by atoms with Crippen molar-refractivity contribution < 1.29 is 0 Å². The molecule has 0 spiro atoms. The third-order valence-corrected chi connectivity index (χ3v) is 6.47. The van der Waals surface area contributed by atoms with Gasteiger partial charge in [-0.2, -0.15) is 0 Å². The Morgan fingerprint density at radius 2 is 2.10 bits per heavy atom. The van der Waals surface area contributed by atoms with Crippen LogP contribution in [0.5, 0.6) is 0 Å². The first-order valence-electron chi connectivity index (χ1n) is 8.56. The first-order valence-corrected chi connectivity index (χ1v) is 10.2. The Morgan fingerprint density at radius 3 is 2.71 bits per heavy atom. The van der Waals surface area contributed by atoms with Gasteiger partial charge in [-0.15, -0.1) is 11.3 Å². The molecule has 1 nitrogen and oxygen atoms in total. The Hall–Kier alpha value is 0.140. The number of hydrogen-bond acceptors (Lipinski definition) is 2. The number of halogens is 1. The van der Waals surface area contributed by atoms with Crippen LogP contribution >= 0.6 is 27.3 Å². The monoisotopic (exact) mass is 371 g/mol. The van der Waals surface area contributed by atoms with Gasteiger partial charge in [0.25, 0.3) is 0 Å². The summed E-state index contributed by atoms with van der Waals surface area (Å²) in [6, 6.07) is 5.12. The Kier molecular flexibility index (Phi) is 7.24. The summed E-state index contributed by atoms with van der Waals surface area (Å²) in [6.45, 7) is 8.05. The number of rotatable bonds is 7. The van der Waals surface area contributed by atoms with Crippen molar-refractivity contribution in [3.63, 3.8) is 0 Å². The second kappa shape index (κ2) is 8.69. The normalized spacial score (nSPS) is 26.4. The summed E-state index contributed by atoms with van der Waals surface area (Å²) in [5, 5.41) is 3.68. The molecule has 1 aromatic rings. The lowest BCUT2D eigenvalue weighted by atomic mass is 9.71. The van der Waals surface area contributed by atoms with E-state index in [0.29, 0.717) is 6.04 Å². The van der Waals surface area contributed by atoms with Crippen molar-refractivity contribution in [1.82, 2.24) is 5.32 Å². The molecule has 1 N–H and O–H groups in total. The molecule has 3 unspecified atom stereocenters. The van der Waals surface area contributed by atoms with Crippen LogP contribution in [0.15, 0.2) is 15.9 Å². The molecule has 1 heterocycles. The first kappa shape index (κ1) is 17.5. The van der Waals surface area contributed by atoms with Crippen LogP contribution in [0, 0.1) is 17.8 Å². The van der Waals surface area contributed by atoms with Gasteiger partial charge < -0.3 is 5.32 Å². The molecule has 0 saturated heterocycles. The highest BCUT2D eigenvalue weighted by molar-refractivity contribution is 9.11. The van der Waals surface area contributed by atoms with Crippen LogP contribution in [-0.4, -0.2) is 12.6 Å². The standard InChI is InChI=1S/C18H30BrNS/c1-4-5-14-6-7-15(12-20-13(2)3)16(10-14)11-17-8-9-18(19)21-17/h8-9,13-16,20H,4-7,10-12H2,1-3H3. The molecule has 1 aliphatic rings. The second-order valence-corrected chi connectivity index (χ2v) is 9.51. The predicted molar refractivity (Wildman–Crippen MR) is 98.1 cm³/mol. The van der Waals surface area contributed by atoms with E-state index in [4.69, 9.17) is 0 Å². The largest absolute Gasteiger partial charge is 0.314 e. The van der Waals surface area contributed by atoms with Crippen LogP contribution < -0.4 is 5.32 Å². The molecular formula is C18H30BrNS. The van der Waals surface area contributed by atoms with E-state index in [9.17, 15) is 0 Å². The fourth-order valence-electron chi connectivity index (χ4n) is 3.72. The van der Waals surface area contributed by atoms with Crippen molar-refractivity contribution in [2.24, 2.45) is 17.8 Å². The first-order chi connectivity index (χ1) is 10.1. The molecule has 21 heavy (non-hydrogen) atoms. The van der Waals surface area contributed by atoms with Gasteiger partial charge in [0, 0.05) is 10.9 Å². The van der Waals surface area contributed by atoms with E-state index in [1.807, 2.05) is 11.3 Å². The van der Waals surface area contributed by atoms with Gasteiger partial charge >= 0.3 is 0 Å². The molecular weight excluding hydrogens is 342 g/mol. The molecule has 0 amide bonds. The van der Waals surface area contributed by atoms with Gasteiger partial charge in [0.15, 0.2) is 0 Å². The zero-order valence-electron chi connectivity index (χ0n) is 13.7. The lowest BCUT2D eigenvalue weighted by Crippen LogP contribution is -2.36. The Labute approximate surface area is 143 Å². The number of nitrogens with one attached hydrogen (secondary N) is 1. The van der Waals surface area contributed by atoms with Crippen molar-refractivity contribution >= 4 is 27.3 Å². The van der Waals surface area contributed by atoms with Crippen LogP contribution in [0.3, 0.4) is 0 Å². The fraction of sp³-hybridized carbons (Fsp3) is 0.778. The minimum absolute atomic E-state index is 0.606. The maximum atomic E-state index is 3.68. The highest BCUT2D eigenvalue weighted by Gasteiger charge is 2.30. The van der Waals surface area contributed by atoms with E-state index in [2.05, 4.69) is 54.2 Å². The maximum Gasteiger partial charge on any atom is 0.0701 e. The zero-order valence-corrected chi connectivity index (χ0v) is 16.1. The van der Waals surface area contributed by atoms with Crippen molar-refractivity contribution in [3.05, 3.63) is 20.8 Å². The molecule has 0 aromatic carbocycles. The van der Waals surface area contributed by atoms with Gasteiger partial charge in [0.1, 0.15) is 0 Å². The Bertz CT molecular complexity index is 415. The van der Waals surface area contributed by atoms with Gasteiger partial charge in [-0.25, -0.2) is 0 Å². The smallest absolute Gasteiger partial charge is 0.0701 e. The zero-order chi connectivity index (χ0) is 15.2. The summed E-state index contributed by atoms with van der Waals surface area (Å²) in [5.41, 5.74) is 0. The van der Waals surface area contributed by atoms with E-state index >= 15 is 0 Å². The van der Waals surface area contributed by atoms with E-state index in [1.54, 1.807) is 4.88 Å². The highest BCUT2D eigenvalue weighted by atomic mass is 79.9. The molecule has 0 radical (unpaired) electrons. The van der Waals surface area contributed by atoms with Gasteiger partial charge in [-0.3, -0.25) is 0 Å². The Morgan fingerprint density at radius 1 is 1.29 bits per heavy atom. The SMILES string of the molecule is CCCC1CCC(CNC(C)C)C(Cc2ccc(Br)s2)C1. The van der Waals surface area contributed by atoms with Crippen molar-refractivity contribution in [2.75, 3.05) is 6.54 Å². The fourth-order valence-corrected chi connectivity index (χ4v) is 5.30. The number of hydrogen-bond donors (Lipinski definition) is 1. The molecule has 2 rings (SSSR count). The van der Waals surface area contributed by atoms with Gasteiger partial charge in [0.05, 0.1) is 3.79 Å². The Balaban J connectivity index is 1.97. The highest BCUT2D eigenvalue weighted by Crippen LogP contribution is 2.39. The third kappa shape index (κ3) is 5.69. The topological polar surface area (TPSA) is 12.0 Å². The van der Waals surface area contributed by atoms with Gasteiger partial charge in [-0.05, 0) is 71.6 Å². The quantitative estimate of drug-likeness (QED) is 0.630. The summed E-state index contributed by atoms with van der Waals surface area (Å²) < 4.78 is 1.27. The van der Waals surface area contributed by atoms with Crippen LogP contribution in [0.1, 0.15) is 57.8 Å². The van der Waals surface area contributed by atoms with Gasteiger partial charge in [-0.1, -0.05) is 40.0 Å². The summed E-state index contributed by atoms with van der Waals surface area (Å²) in [7, 11) is 0. The molecule has 1 aromatic heterocycles. The lowest BCUT2D eigenvalue weighted by molar-refractivity contribution is 0.166. The summed E-state index contributed by atoms with van der Waals surface area (Å²) in [5.74, 6) is 2.70. The molecule has 1 fully saturated rings. The average Bonchev–Trinajstić information content (AvgIpc) is 2.83.